The average Bonchev–Trinajstić information content (AvgIpc) is 2.26. The fourth-order valence-electron chi connectivity index (χ4n) is 1.69. The first-order valence-corrected chi connectivity index (χ1v) is 6.50. The van der Waals surface area contributed by atoms with Gasteiger partial charge in [0.15, 0.2) is 0 Å². The van der Waals surface area contributed by atoms with E-state index < -0.39 is 0 Å². The Bertz CT molecular complexity index is 302. The summed E-state index contributed by atoms with van der Waals surface area (Å²) in [5.41, 5.74) is 2.22. The van der Waals surface area contributed by atoms with E-state index in [1.165, 1.54) is 12.8 Å². The molecule has 0 aromatic carbocycles. The van der Waals surface area contributed by atoms with Gasteiger partial charge in [-0.2, -0.15) is 0 Å². The number of nitrogens with zero attached hydrogens (tertiary/aromatic N) is 2. The molecule has 3 heteroatoms. The number of aromatic nitrogens is 1. The van der Waals surface area contributed by atoms with Gasteiger partial charge in [-0.05, 0) is 32.0 Å². The molecule has 0 saturated heterocycles. The third-order valence-electron chi connectivity index (χ3n) is 2.56. The van der Waals surface area contributed by atoms with Gasteiger partial charge in [0.2, 0.25) is 0 Å². The maximum absolute atomic E-state index is 5.81. The summed E-state index contributed by atoms with van der Waals surface area (Å²) in [6.45, 7) is 7.20. The molecule has 0 N–H and O–H groups in total. The number of pyridine rings is 1. The molecule has 0 aliphatic rings. The van der Waals surface area contributed by atoms with Crippen LogP contribution in [0.2, 0.25) is 0 Å². The molecule has 90 valence electrons. The second kappa shape index (κ2) is 7.64. The number of hydrogen-bond donors (Lipinski definition) is 0. The van der Waals surface area contributed by atoms with Crippen LogP contribution in [-0.2, 0) is 6.54 Å². The predicted octanol–water partition coefficient (Wildman–Crippen LogP) is 3.23. The first kappa shape index (κ1) is 13.5. The molecule has 1 aromatic heterocycles. The Labute approximate surface area is 104 Å². The van der Waals surface area contributed by atoms with Crippen molar-refractivity contribution in [1.29, 1.82) is 0 Å². The van der Waals surface area contributed by atoms with Gasteiger partial charge in [0.25, 0.3) is 0 Å². The lowest BCUT2D eigenvalue weighted by molar-refractivity contribution is 0.273. The monoisotopic (exact) mass is 240 g/mol. The molecular formula is C13H21ClN2. The van der Waals surface area contributed by atoms with E-state index in [2.05, 4.69) is 28.9 Å². The van der Waals surface area contributed by atoms with Crippen LogP contribution in [0.3, 0.4) is 0 Å². The molecule has 0 bridgehead atoms. The van der Waals surface area contributed by atoms with Crippen LogP contribution in [0.1, 0.15) is 31.2 Å². The summed E-state index contributed by atoms with van der Waals surface area (Å²) in [4.78, 5) is 6.89. The third-order valence-corrected chi connectivity index (χ3v) is 2.73. The van der Waals surface area contributed by atoms with Crippen LogP contribution < -0.4 is 0 Å². The fraction of sp³-hybridized carbons (Fsp3) is 0.615. The Balaban J connectivity index is 2.52. The maximum Gasteiger partial charge on any atom is 0.0547 e. The summed E-state index contributed by atoms with van der Waals surface area (Å²) in [6.07, 6.45) is 2.45. The van der Waals surface area contributed by atoms with Crippen LogP contribution in [0.4, 0.5) is 0 Å². The minimum absolute atomic E-state index is 0.690. The summed E-state index contributed by atoms with van der Waals surface area (Å²) in [5.74, 6) is 0.690. The number of unbranched alkanes of at least 4 members (excludes halogenated alkanes) is 1. The van der Waals surface area contributed by atoms with Crippen LogP contribution in [0, 0.1) is 6.92 Å². The molecule has 1 aromatic rings. The molecule has 0 spiro atoms. The minimum Gasteiger partial charge on any atom is -0.296 e. The summed E-state index contributed by atoms with van der Waals surface area (Å²) >= 11 is 5.81. The van der Waals surface area contributed by atoms with Gasteiger partial charge in [0.1, 0.15) is 0 Å². The number of halogens is 1. The number of rotatable bonds is 7. The van der Waals surface area contributed by atoms with Gasteiger partial charge in [-0.25, -0.2) is 0 Å². The van der Waals surface area contributed by atoms with Gasteiger partial charge in [0, 0.05) is 24.7 Å². The zero-order valence-corrected chi connectivity index (χ0v) is 11.0. The van der Waals surface area contributed by atoms with Crippen molar-refractivity contribution in [1.82, 2.24) is 9.88 Å². The average molecular weight is 241 g/mol. The van der Waals surface area contributed by atoms with E-state index in [-0.39, 0.29) is 0 Å². The lowest BCUT2D eigenvalue weighted by Crippen LogP contribution is -2.27. The quantitative estimate of drug-likeness (QED) is 0.681. The molecular weight excluding hydrogens is 220 g/mol. The molecule has 0 aliphatic carbocycles. The number of aryl methyl sites for hydroxylation is 1. The normalized spacial score (nSPS) is 11.0. The zero-order chi connectivity index (χ0) is 11.8. The molecule has 0 saturated carbocycles. The summed E-state index contributed by atoms with van der Waals surface area (Å²) in [6, 6.07) is 6.18. The first-order valence-electron chi connectivity index (χ1n) is 5.97. The Hall–Kier alpha value is -0.600. The second-order valence-electron chi connectivity index (χ2n) is 4.09. The Morgan fingerprint density at radius 1 is 1.31 bits per heavy atom. The highest BCUT2D eigenvalue weighted by Crippen LogP contribution is 2.05. The topological polar surface area (TPSA) is 16.1 Å². The van der Waals surface area contributed by atoms with E-state index in [1.807, 2.05) is 13.0 Å². The molecule has 0 aliphatic heterocycles. The second-order valence-corrected chi connectivity index (χ2v) is 4.47. The third kappa shape index (κ3) is 4.95. The molecule has 0 unspecified atom stereocenters. The molecule has 16 heavy (non-hydrogen) atoms. The van der Waals surface area contributed by atoms with Crippen molar-refractivity contribution in [3.63, 3.8) is 0 Å². The summed E-state index contributed by atoms with van der Waals surface area (Å²) in [7, 11) is 0. The van der Waals surface area contributed by atoms with Crippen molar-refractivity contribution >= 4 is 11.6 Å². The zero-order valence-electron chi connectivity index (χ0n) is 10.2. The SMILES string of the molecule is CCCCN(CCCl)Cc1cccc(C)n1. The van der Waals surface area contributed by atoms with Crippen molar-refractivity contribution in [3.8, 4) is 0 Å². The van der Waals surface area contributed by atoms with Gasteiger partial charge >= 0.3 is 0 Å². The van der Waals surface area contributed by atoms with Gasteiger partial charge in [-0.15, -0.1) is 11.6 Å². The predicted molar refractivity (Wildman–Crippen MR) is 69.9 cm³/mol. The van der Waals surface area contributed by atoms with E-state index in [0.29, 0.717) is 5.88 Å². The van der Waals surface area contributed by atoms with Crippen LogP contribution >= 0.6 is 11.6 Å². The van der Waals surface area contributed by atoms with Crippen molar-refractivity contribution in [2.75, 3.05) is 19.0 Å². The highest BCUT2D eigenvalue weighted by molar-refractivity contribution is 6.18. The summed E-state index contributed by atoms with van der Waals surface area (Å²) < 4.78 is 0. The largest absolute Gasteiger partial charge is 0.296 e. The van der Waals surface area contributed by atoms with Crippen LogP contribution in [0.25, 0.3) is 0 Å². The van der Waals surface area contributed by atoms with E-state index in [1.54, 1.807) is 0 Å². The van der Waals surface area contributed by atoms with Crippen molar-refractivity contribution in [2.45, 2.75) is 33.2 Å². The molecule has 0 fully saturated rings. The Morgan fingerprint density at radius 2 is 2.12 bits per heavy atom. The highest BCUT2D eigenvalue weighted by atomic mass is 35.5. The van der Waals surface area contributed by atoms with E-state index in [9.17, 15) is 0 Å². The standard InChI is InChI=1S/C13H21ClN2/c1-3-4-9-16(10-8-14)11-13-7-5-6-12(2)15-13/h5-7H,3-4,8-11H2,1-2H3. The lowest BCUT2D eigenvalue weighted by atomic mass is 10.2. The van der Waals surface area contributed by atoms with Gasteiger partial charge in [-0.3, -0.25) is 9.88 Å². The first-order chi connectivity index (χ1) is 7.76. The van der Waals surface area contributed by atoms with Crippen LogP contribution in [0.15, 0.2) is 18.2 Å². The molecule has 1 rings (SSSR count). The number of alkyl halides is 1. The van der Waals surface area contributed by atoms with Crippen molar-refractivity contribution in [2.24, 2.45) is 0 Å². The van der Waals surface area contributed by atoms with Crippen molar-refractivity contribution < 1.29 is 0 Å². The minimum atomic E-state index is 0.690. The Kier molecular flexibility index (Phi) is 6.43. The van der Waals surface area contributed by atoms with E-state index in [0.717, 1.165) is 31.0 Å². The molecule has 0 radical (unpaired) electrons. The highest BCUT2D eigenvalue weighted by Gasteiger charge is 2.05. The molecule has 2 nitrogen and oxygen atoms in total. The smallest absolute Gasteiger partial charge is 0.0547 e. The van der Waals surface area contributed by atoms with Gasteiger partial charge < -0.3 is 0 Å². The lowest BCUT2D eigenvalue weighted by Gasteiger charge is -2.20. The summed E-state index contributed by atoms with van der Waals surface area (Å²) in [5, 5.41) is 0. The van der Waals surface area contributed by atoms with Crippen LogP contribution in [-0.4, -0.2) is 28.9 Å². The van der Waals surface area contributed by atoms with Gasteiger partial charge in [0.05, 0.1) is 5.69 Å². The fourth-order valence-corrected chi connectivity index (χ4v) is 1.93. The Morgan fingerprint density at radius 3 is 2.75 bits per heavy atom. The maximum atomic E-state index is 5.81. The van der Waals surface area contributed by atoms with E-state index in [4.69, 9.17) is 11.6 Å². The van der Waals surface area contributed by atoms with Crippen LogP contribution in [0.5, 0.6) is 0 Å². The van der Waals surface area contributed by atoms with E-state index >= 15 is 0 Å². The number of hydrogen-bond acceptors (Lipinski definition) is 2. The molecule has 1 heterocycles. The molecule has 0 atom stereocenters. The van der Waals surface area contributed by atoms with Gasteiger partial charge in [-0.1, -0.05) is 19.4 Å². The van der Waals surface area contributed by atoms with Crippen molar-refractivity contribution in [3.05, 3.63) is 29.6 Å². The molecule has 0 amide bonds.